The molecular weight excluding hydrogens is 448 g/mol. The maximum Gasteiger partial charge on any atom is 0.344 e. The van der Waals surface area contributed by atoms with Crippen molar-refractivity contribution in [2.24, 2.45) is 13.0 Å². The number of nitrogens with zero attached hydrogens (tertiary/aromatic N) is 4. The second-order valence-electron chi connectivity index (χ2n) is 8.45. The van der Waals surface area contributed by atoms with Gasteiger partial charge in [-0.25, -0.2) is 18.2 Å². The van der Waals surface area contributed by atoms with Crippen LogP contribution >= 0.6 is 0 Å². The Kier molecular flexibility index (Phi) is 5.74. The van der Waals surface area contributed by atoms with Crippen LogP contribution in [0.2, 0.25) is 0 Å². The van der Waals surface area contributed by atoms with Crippen LogP contribution in [0.5, 0.6) is 0 Å². The van der Waals surface area contributed by atoms with Gasteiger partial charge < -0.3 is 9.88 Å². The van der Waals surface area contributed by atoms with Gasteiger partial charge in [-0.05, 0) is 32.3 Å². The molecule has 1 unspecified atom stereocenters. The van der Waals surface area contributed by atoms with Crippen molar-refractivity contribution in [3.05, 3.63) is 47.9 Å². The van der Waals surface area contributed by atoms with Crippen molar-refractivity contribution in [1.29, 1.82) is 0 Å². The van der Waals surface area contributed by atoms with Crippen LogP contribution in [0, 0.1) is 12.8 Å². The number of amides is 4. The van der Waals surface area contributed by atoms with Gasteiger partial charge >= 0.3 is 6.03 Å². The summed E-state index contributed by atoms with van der Waals surface area (Å²) in [6.07, 6.45) is 1.98. The zero-order chi connectivity index (χ0) is 24.0. The monoisotopic (exact) mass is 474 g/mol. The van der Waals surface area contributed by atoms with Crippen LogP contribution in [0.15, 0.2) is 41.6 Å². The number of benzene rings is 1. The number of hydrogen-bond acceptors (Lipinski definition) is 6. The van der Waals surface area contributed by atoms with E-state index >= 15 is 0 Å². The Bertz CT molecular complexity index is 1180. The lowest BCUT2D eigenvalue weighted by Gasteiger charge is -2.30. The molecule has 33 heavy (non-hydrogen) atoms. The van der Waals surface area contributed by atoms with Gasteiger partial charge in [-0.15, -0.1) is 0 Å². The number of rotatable bonds is 5. The molecule has 0 bridgehead atoms. The number of piperidine rings is 1. The van der Waals surface area contributed by atoms with Crippen LogP contribution in [0.4, 0.5) is 4.79 Å². The van der Waals surface area contributed by atoms with E-state index in [4.69, 9.17) is 0 Å². The molecule has 2 fully saturated rings. The lowest BCUT2D eigenvalue weighted by Crippen LogP contribution is -2.51. The van der Waals surface area contributed by atoms with E-state index in [0.29, 0.717) is 16.4 Å². The second-order valence-corrected chi connectivity index (χ2v) is 10.3. The van der Waals surface area contributed by atoms with Crippen LogP contribution in [0.25, 0.3) is 0 Å². The molecular formula is C21H26N6O5S. The minimum Gasteiger partial charge on any atom is -0.337 e. The zero-order valence-corrected chi connectivity index (χ0v) is 19.4. The Morgan fingerprint density at radius 2 is 1.82 bits per heavy atom. The molecule has 0 radical (unpaired) electrons. The summed E-state index contributed by atoms with van der Waals surface area (Å²) in [5.41, 5.74) is 1.73. The van der Waals surface area contributed by atoms with E-state index < -0.39 is 39.3 Å². The number of hydrazine groups is 1. The topological polar surface area (TPSA) is 134 Å². The van der Waals surface area contributed by atoms with Gasteiger partial charge in [0.1, 0.15) is 11.4 Å². The Morgan fingerprint density at radius 1 is 1.18 bits per heavy atom. The van der Waals surface area contributed by atoms with E-state index in [0.717, 1.165) is 0 Å². The average Bonchev–Trinajstić information content (AvgIpc) is 3.26. The molecule has 11 nitrogen and oxygen atoms in total. The summed E-state index contributed by atoms with van der Waals surface area (Å²) in [6.45, 7) is 3.57. The Hall–Kier alpha value is -3.25. The Labute approximate surface area is 191 Å². The summed E-state index contributed by atoms with van der Waals surface area (Å²) >= 11 is 0. The van der Waals surface area contributed by atoms with Crippen molar-refractivity contribution in [1.82, 2.24) is 29.6 Å². The SMILES string of the molecule is Cc1nc(S(=O)(=O)N2CCC(C(=O)NN3C(=O)NC(C)(c4ccccc4)C3=O)CC2)cn1C. The van der Waals surface area contributed by atoms with Gasteiger partial charge in [-0.2, -0.15) is 9.31 Å². The molecule has 2 aromatic rings. The van der Waals surface area contributed by atoms with Gasteiger partial charge in [0.2, 0.25) is 5.91 Å². The zero-order valence-electron chi connectivity index (χ0n) is 18.6. The van der Waals surface area contributed by atoms with E-state index in [-0.39, 0.29) is 31.0 Å². The number of sulfonamides is 1. The third-order valence-electron chi connectivity index (χ3n) is 6.28. The molecule has 2 aliphatic heterocycles. The first-order valence-corrected chi connectivity index (χ1v) is 12.0. The molecule has 4 amide bonds. The number of imide groups is 1. The molecule has 2 N–H and O–H groups in total. The normalized spacial score (nSPS) is 22.5. The van der Waals surface area contributed by atoms with E-state index in [1.54, 1.807) is 55.8 Å². The molecule has 0 saturated carbocycles. The van der Waals surface area contributed by atoms with Crippen molar-refractivity contribution < 1.29 is 22.8 Å². The first-order chi connectivity index (χ1) is 15.5. The van der Waals surface area contributed by atoms with Crippen LogP contribution in [-0.2, 0) is 32.2 Å². The summed E-state index contributed by atoms with van der Waals surface area (Å²) in [5.74, 6) is -1.04. The highest BCUT2D eigenvalue weighted by Gasteiger charge is 2.50. The highest BCUT2D eigenvalue weighted by molar-refractivity contribution is 7.89. The molecule has 176 valence electrons. The van der Waals surface area contributed by atoms with E-state index in [9.17, 15) is 22.8 Å². The third kappa shape index (κ3) is 4.00. The van der Waals surface area contributed by atoms with Crippen molar-refractivity contribution in [2.75, 3.05) is 13.1 Å². The molecule has 1 aromatic heterocycles. The van der Waals surface area contributed by atoms with Crippen LogP contribution in [0.3, 0.4) is 0 Å². The maximum absolute atomic E-state index is 13.0. The predicted octanol–water partition coefficient (Wildman–Crippen LogP) is 0.628. The fraction of sp³-hybridized carbons (Fsp3) is 0.429. The molecule has 1 atom stereocenters. The van der Waals surface area contributed by atoms with Crippen molar-refractivity contribution in [3.8, 4) is 0 Å². The van der Waals surface area contributed by atoms with Gasteiger partial charge in [0.05, 0.1) is 0 Å². The first kappa shape index (κ1) is 22.9. The number of nitrogens with one attached hydrogen (secondary N) is 2. The van der Waals surface area contributed by atoms with Gasteiger partial charge in [0.25, 0.3) is 15.9 Å². The molecule has 0 aliphatic carbocycles. The van der Waals surface area contributed by atoms with E-state index in [1.165, 1.54) is 10.5 Å². The number of aryl methyl sites for hydroxylation is 2. The summed E-state index contributed by atoms with van der Waals surface area (Å²) in [6, 6.07) is 8.05. The van der Waals surface area contributed by atoms with Gasteiger partial charge in [0, 0.05) is 32.3 Å². The number of imidazole rings is 1. The fourth-order valence-electron chi connectivity index (χ4n) is 4.05. The minimum atomic E-state index is -3.76. The Balaban J connectivity index is 1.39. The predicted molar refractivity (Wildman–Crippen MR) is 117 cm³/mol. The molecule has 1 aromatic carbocycles. The summed E-state index contributed by atoms with van der Waals surface area (Å²) in [4.78, 5) is 42.3. The maximum atomic E-state index is 13.0. The minimum absolute atomic E-state index is 0.0232. The quantitative estimate of drug-likeness (QED) is 0.611. The number of carbonyl (C=O) groups is 3. The Morgan fingerprint density at radius 3 is 2.39 bits per heavy atom. The molecule has 4 rings (SSSR count). The van der Waals surface area contributed by atoms with Gasteiger partial charge in [-0.3, -0.25) is 15.0 Å². The van der Waals surface area contributed by atoms with Gasteiger partial charge in [0.15, 0.2) is 5.03 Å². The highest BCUT2D eigenvalue weighted by atomic mass is 32.2. The largest absolute Gasteiger partial charge is 0.344 e. The first-order valence-electron chi connectivity index (χ1n) is 10.6. The smallest absolute Gasteiger partial charge is 0.337 e. The molecule has 0 spiro atoms. The van der Waals surface area contributed by atoms with Crippen molar-refractivity contribution in [3.63, 3.8) is 0 Å². The summed E-state index contributed by atoms with van der Waals surface area (Å²) in [5, 5.41) is 3.31. The van der Waals surface area contributed by atoms with E-state index in [2.05, 4.69) is 15.7 Å². The second kappa shape index (κ2) is 8.27. The van der Waals surface area contributed by atoms with Crippen LogP contribution < -0.4 is 10.7 Å². The van der Waals surface area contributed by atoms with Crippen molar-refractivity contribution >= 4 is 27.9 Å². The van der Waals surface area contributed by atoms with E-state index in [1.807, 2.05) is 0 Å². The molecule has 3 heterocycles. The van der Waals surface area contributed by atoms with Crippen molar-refractivity contribution in [2.45, 2.75) is 37.3 Å². The summed E-state index contributed by atoms with van der Waals surface area (Å²) in [7, 11) is -2.04. The average molecular weight is 475 g/mol. The number of hydrogen-bond donors (Lipinski definition) is 2. The third-order valence-corrected chi connectivity index (χ3v) is 8.05. The summed E-state index contributed by atoms with van der Waals surface area (Å²) < 4.78 is 28.6. The lowest BCUT2D eigenvalue weighted by molar-refractivity contribution is -0.141. The van der Waals surface area contributed by atoms with Gasteiger partial charge in [-0.1, -0.05) is 30.3 Å². The number of aromatic nitrogens is 2. The molecule has 2 saturated heterocycles. The lowest BCUT2D eigenvalue weighted by atomic mass is 9.92. The molecule has 12 heteroatoms. The fourth-order valence-corrected chi connectivity index (χ4v) is 5.55. The highest BCUT2D eigenvalue weighted by Crippen LogP contribution is 2.28. The number of carbonyl (C=O) groups excluding carboxylic acids is 3. The van der Waals surface area contributed by atoms with Crippen LogP contribution in [-0.4, -0.2) is 58.2 Å². The number of urea groups is 1. The van der Waals surface area contributed by atoms with Crippen LogP contribution in [0.1, 0.15) is 31.2 Å². The molecule has 2 aliphatic rings. The standard InChI is InChI=1S/C21H26N6O5S/c1-14-22-17(13-25(14)3)33(31,32)26-11-9-15(10-12-26)18(28)24-27-19(29)21(2,23-20(27)30)16-7-5-4-6-8-16/h4-8,13,15H,9-12H2,1-3H3,(H,23,30)(H,24,28).